The maximum Gasteiger partial charge on any atom is 0.255 e. The lowest BCUT2D eigenvalue weighted by molar-refractivity contribution is 0.0937. The Morgan fingerprint density at radius 3 is 2.26 bits per heavy atom. The molecule has 7 nitrogen and oxygen atoms in total. The van der Waals surface area contributed by atoms with Crippen LogP contribution in [-0.2, 0) is 4.74 Å². The lowest BCUT2D eigenvalue weighted by Gasteiger charge is -2.13. The molecule has 0 aliphatic carbocycles. The van der Waals surface area contributed by atoms with E-state index in [1.54, 1.807) is 37.4 Å². The summed E-state index contributed by atoms with van der Waals surface area (Å²) in [6, 6.07) is 9.51. The molecule has 0 aromatic heterocycles. The molecule has 0 bridgehead atoms. The Morgan fingerprint density at radius 1 is 0.963 bits per heavy atom. The summed E-state index contributed by atoms with van der Waals surface area (Å²) in [6.07, 6.45) is 0. The SMILES string of the molecule is COCCNC(=O)c1cccc(C(=O)Nc2cc(OC)c(Cl)cc2OC)c1. The van der Waals surface area contributed by atoms with E-state index in [9.17, 15) is 9.59 Å². The molecule has 0 spiro atoms. The maximum atomic E-state index is 12.6. The van der Waals surface area contributed by atoms with Gasteiger partial charge in [-0.3, -0.25) is 9.59 Å². The minimum Gasteiger partial charge on any atom is -0.495 e. The van der Waals surface area contributed by atoms with E-state index in [2.05, 4.69) is 10.6 Å². The van der Waals surface area contributed by atoms with E-state index in [1.165, 1.54) is 20.3 Å². The Morgan fingerprint density at radius 2 is 1.63 bits per heavy atom. The molecule has 0 heterocycles. The van der Waals surface area contributed by atoms with Gasteiger partial charge in [0.25, 0.3) is 11.8 Å². The molecule has 0 saturated carbocycles. The van der Waals surface area contributed by atoms with E-state index < -0.39 is 5.91 Å². The van der Waals surface area contributed by atoms with Gasteiger partial charge in [0.05, 0.1) is 31.5 Å². The van der Waals surface area contributed by atoms with Crippen LogP contribution >= 0.6 is 11.6 Å². The third-order valence-corrected chi connectivity index (χ3v) is 4.00. The van der Waals surface area contributed by atoms with Crippen molar-refractivity contribution in [3.8, 4) is 11.5 Å². The highest BCUT2D eigenvalue weighted by atomic mass is 35.5. The Labute approximate surface area is 162 Å². The molecular formula is C19H21ClN2O5. The molecule has 144 valence electrons. The summed E-state index contributed by atoms with van der Waals surface area (Å²) >= 11 is 6.07. The van der Waals surface area contributed by atoms with Gasteiger partial charge in [-0.05, 0) is 18.2 Å². The van der Waals surface area contributed by atoms with Gasteiger partial charge in [-0.15, -0.1) is 0 Å². The van der Waals surface area contributed by atoms with Crippen molar-refractivity contribution in [2.75, 3.05) is 39.8 Å². The van der Waals surface area contributed by atoms with Crippen LogP contribution in [0.25, 0.3) is 0 Å². The molecule has 2 aromatic carbocycles. The van der Waals surface area contributed by atoms with E-state index in [4.69, 9.17) is 25.8 Å². The second-order valence-corrected chi connectivity index (χ2v) is 5.88. The number of carbonyl (C=O) groups is 2. The summed E-state index contributed by atoms with van der Waals surface area (Å²) in [5.74, 6) is 0.110. The molecule has 0 aliphatic rings. The van der Waals surface area contributed by atoms with Crippen LogP contribution < -0.4 is 20.1 Å². The number of nitrogens with one attached hydrogen (secondary N) is 2. The molecule has 0 saturated heterocycles. The first-order valence-electron chi connectivity index (χ1n) is 8.10. The average Bonchev–Trinajstić information content (AvgIpc) is 2.69. The van der Waals surface area contributed by atoms with Gasteiger partial charge in [0, 0.05) is 36.9 Å². The number of carbonyl (C=O) groups excluding carboxylic acids is 2. The number of amides is 2. The first-order valence-corrected chi connectivity index (χ1v) is 8.48. The molecule has 0 atom stereocenters. The largest absolute Gasteiger partial charge is 0.495 e. The van der Waals surface area contributed by atoms with Crippen LogP contribution in [0.4, 0.5) is 5.69 Å². The zero-order chi connectivity index (χ0) is 19.8. The first kappa shape index (κ1) is 20.5. The monoisotopic (exact) mass is 392 g/mol. The molecule has 0 radical (unpaired) electrons. The summed E-state index contributed by atoms with van der Waals surface area (Å²) in [4.78, 5) is 24.7. The third-order valence-electron chi connectivity index (χ3n) is 3.70. The standard InChI is InChI=1S/C19H21ClN2O5/c1-25-8-7-21-18(23)12-5-4-6-13(9-12)19(24)22-15-11-16(26-2)14(20)10-17(15)27-3/h4-6,9-11H,7-8H2,1-3H3,(H,21,23)(H,22,24). The maximum absolute atomic E-state index is 12.6. The molecule has 2 N–H and O–H groups in total. The molecule has 8 heteroatoms. The van der Waals surface area contributed by atoms with Crippen LogP contribution in [0, 0.1) is 0 Å². The van der Waals surface area contributed by atoms with E-state index in [-0.39, 0.29) is 5.91 Å². The smallest absolute Gasteiger partial charge is 0.255 e. The number of benzene rings is 2. The highest BCUT2D eigenvalue weighted by Crippen LogP contribution is 2.36. The summed E-state index contributed by atoms with van der Waals surface area (Å²) < 4.78 is 15.3. The van der Waals surface area contributed by atoms with E-state index in [0.717, 1.165) is 0 Å². The number of methoxy groups -OCH3 is 3. The molecular weight excluding hydrogens is 372 g/mol. The van der Waals surface area contributed by atoms with Crippen LogP contribution in [0.5, 0.6) is 11.5 Å². The number of hydrogen-bond donors (Lipinski definition) is 2. The quantitative estimate of drug-likeness (QED) is 0.674. The van der Waals surface area contributed by atoms with E-state index >= 15 is 0 Å². The summed E-state index contributed by atoms with van der Waals surface area (Å²) in [5, 5.41) is 5.82. The number of hydrogen-bond acceptors (Lipinski definition) is 5. The van der Waals surface area contributed by atoms with Crippen LogP contribution in [-0.4, -0.2) is 46.3 Å². The van der Waals surface area contributed by atoms with Gasteiger partial charge in [-0.2, -0.15) is 0 Å². The Hall–Kier alpha value is -2.77. The van der Waals surface area contributed by atoms with Crippen molar-refractivity contribution >= 4 is 29.1 Å². The summed E-state index contributed by atoms with van der Waals surface area (Å²) in [6.45, 7) is 0.789. The number of anilines is 1. The summed E-state index contributed by atoms with van der Waals surface area (Å²) in [7, 11) is 4.50. The third kappa shape index (κ3) is 5.35. The fourth-order valence-electron chi connectivity index (χ4n) is 2.32. The van der Waals surface area contributed by atoms with Crippen molar-refractivity contribution in [1.29, 1.82) is 0 Å². The molecule has 2 rings (SSSR count). The van der Waals surface area contributed by atoms with Gasteiger partial charge < -0.3 is 24.8 Å². The minimum atomic E-state index is -0.399. The van der Waals surface area contributed by atoms with Crippen LogP contribution in [0.15, 0.2) is 36.4 Å². The van der Waals surface area contributed by atoms with Gasteiger partial charge in [0.15, 0.2) is 0 Å². The predicted molar refractivity (Wildman–Crippen MR) is 103 cm³/mol. The second-order valence-electron chi connectivity index (χ2n) is 5.47. The van der Waals surface area contributed by atoms with Crippen molar-refractivity contribution in [1.82, 2.24) is 5.32 Å². The number of rotatable bonds is 8. The number of halogens is 1. The van der Waals surface area contributed by atoms with Crippen molar-refractivity contribution in [3.63, 3.8) is 0 Å². The number of ether oxygens (including phenoxy) is 3. The van der Waals surface area contributed by atoms with Gasteiger partial charge >= 0.3 is 0 Å². The second kappa shape index (κ2) is 9.80. The fraction of sp³-hybridized carbons (Fsp3) is 0.263. The van der Waals surface area contributed by atoms with Gasteiger partial charge in [-0.25, -0.2) is 0 Å². The van der Waals surface area contributed by atoms with Gasteiger partial charge in [0.2, 0.25) is 0 Å². The Kier molecular flexibility index (Phi) is 7.45. The lowest BCUT2D eigenvalue weighted by Crippen LogP contribution is -2.27. The van der Waals surface area contributed by atoms with Gasteiger partial charge in [-0.1, -0.05) is 17.7 Å². The Bertz CT molecular complexity index is 826. The molecule has 0 fully saturated rings. The normalized spacial score (nSPS) is 10.2. The zero-order valence-electron chi connectivity index (χ0n) is 15.3. The predicted octanol–water partition coefficient (Wildman–Crippen LogP) is 2.99. The summed E-state index contributed by atoms with van der Waals surface area (Å²) in [5.41, 5.74) is 1.10. The zero-order valence-corrected chi connectivity index (χ0v) is 16.1. The molecule has 2 amide bonds. The van der Waals surface area contributed by atoms with Crippen molar-refractivity contribution in [2.24, 2.45) is 0 Å². The van der Waals surface area contributed by atoms with Crippen LogP contribution in [0.2, 0.25) is 5.02 Å². The van der Waals surface area contributed by atoms with E-state index in [0.29, 0.717) is 46.5 Å². The Balaban J connectivity index is 2.19. The molecule has 27 heavy (non-hydrogen) atoms. The van der Waals surface area contributed by atoms with Crippen LogP contribution in [0.3, 0.4) is 0 Å². The molecule has 0 aliphatic heterocycles. The van der Waals surface area contributed by atoms with Gasteiger partial charge in [0.1, 0.15) is 11.5 Å². The highest BCUT2D eigenvalue weighted by Gasteiger charge is 2.15. The van der Waals surface area contributed by atoms with E-state index in [1.807, 2.05) is 0 Å². The molecule has 0 unspecified atom stereocenters. The molecule has 2 aromatic rings. The van der Waals surface area contributed by atoms with Crippen LogP contribution in [0.1, 0.15) is 20.7 Å². The van der Waals surface area contributed by atoms with Crippen molar-refractivity contribution in [2.45, 2.75) is 0 Å². The first-order chi connectivity index (χ1) is 13.0. The minimum absolute atomic E-state index is 0.285. The van der Waals surface area contributed by atoms with Crippen molar-refractivity contribution < 1.29 is 23.8 Å². The van der Waals surface area contributed by atoms with Crippen molar-refractivity contribution in [3.05, 3.63) is 52.5 Å². The highest BCUT2D eigenvalue weighted by molar-refractivity contribution is 6.32. The topological polar surface area (TPSA) is 85.9 Å². The fourth-order valence-corrected chi connectivity index (χ4v) is 2.55. The lowest BCUT2D eigenvalue weighted by atomic mass is 10.1. The average molecular weight is 393 g/mol.